The summed E-state index contributed by atoms with van der Waals surface area (Å²) in [4.78, 5) is 11.4. The van der Waals surface area contributed by atoms with Gasteiger partial charge in [-0.1, -0.05) is 30.3 Å². The Morgan fingerprint density at radius 3 is 2.36 bits per heavy atom. The molecule has 6 nitrogen and oxygen atoms in total. The van der Waals surface area contributed by atoms with Gasteiger partial charge in [0.1, 0.15) is 5.75 Å². The number of hydrogen-bond donors (Lipinski definition) is 1. The number of hydrogen-bond acceptors (Lipinski definition) is 5. The van der Waals surface area contributed by atoms with Crippen molar-refractivity contribution < 1.29 is 22.7 Å². The molecule has 2 rings (SSSR count). The molecule has 0 fully saturated rings. The van der Waals surface area contributed by atoms with E-state index >= 15 is 0 Å². The molecule has 0 spiro atoms. The average Bonchev–Trinajstić information content (AvgIpc) is 2.61. The predicted molar refractivity (Wildman–Crippen MR) is 93.9 cm³/mol. The molecule has 0 unspecified atom stereocenters. The number of carbonyl (C=O) groups excluding carboxylic acids is 1. The number of esters is 1. The predicted octanol–water partition coefficient (Wildman–Crippen LogP) is 2.15. The monoisotopic (exact) mass is 363 g/mol. The van der Waals surface area contributed by atoms with Crippen molar-refractivity contribution in [2.45, 2.75) is 18.2 Å². The summed E-state index contributed by atoms with van der Waals surface area (Å²) in [5.41, 5.74) is 1.06. The van der Waals surface area contributed by atoms with Gasteiger partial charge < -0.3 is 9.47 Å². The van der Waals surface area contributed by atoms with Crippen molar-refractivity contribution in [3.8, 4) is 5.75 Å². The third kappa shape index (κ3) is 6.21. The summed E-state index contributed by atoms with van der Waals surface area (Å²) in [7, 11) is -3.58. The molecule has 1 N–H and O–H groups in total. The largest absolute Gasteiger partial charge is 0.482 e. The van der Waals surface area contributed by atoms with Gasteiger partial charge in [-0.05, 0) is 43.2 Å². The first-order valence-electron chi connectivity index (χ1n) is 7.93. The Morgan fingerprint density at radius 1 is 1.04 bits per heavy atom. The van der Waals surface area contributed by atoms with Crippen LogP contribution in [0.4, 0.5) is 0 Å². The van der Waals surface area contributed by atoms with E-state index in [-0.39, 0.29) is 18.1 Å². The highest BCUT2D eigenvalue weighted by molar-refractivity contribution is 7.89. The van der Waals surface area contributed by atoms with E-state index in [4.69, 9.17) is 9.47 Å². The fourth-order valence-electron chi connectivity index (χ4n) is 2.12. The van der Waals surface area contributed by atoms with Crippen molar-refractivity contribution in [1.29, 1.82) is 0 Å². The van der Waals surface area contributed by atoms with E-state index in [9.17, 15) is 13.2 Å². The van der Waals surface area contributed by atoms with Gasteiger partial charge in [-0.25, -0.2) is 17.9 Å². The molecule has 0 aromatic heterocycles. The molecule has 0 saturated heterocycles. The highest BCUT2D eigenvalue weighted by Gasteiger charge is 2.13. The van der Waals surface area contributed by atoms with Gasteiger partial charge in [0.2, 0.25) is 10.0 Å². The first-order valence-corrected chi connectivity index (χ1v) is 9.41. The van der Waals surface area contributed by atoms with Gasteiger partial charge in [0.15, 0.2) is 6.61 Å². The van der Waals surface area contributed by atoms with Crippen LogP contribution in [0.3, 0.4) is 0 Å². The summed E-state index contributed by atoms with van der Waals surface area (Å²) in [6, 6.07) is 15.5. The molecule has 0 radical (unpaired) electrons. The molecule has 0 heterocycles. The number of nitrogens with one attached hydrogen (secondary N) is 1. The molecule has 7 heteroatoms. The number of sulfonamides is 1. The molecular formula is C18H21NO5S. The zero-order valence-corrected chi connectivity index (χ0v) is 14.8. The topological polar surface area (TPSA) is 81.7 Å². The summed E-state index contributed by atoms with van der Waals surface area (Å²) in [6.07, 6.45) is 0.612. The molecule has 25 heavy (non-hydrogen) atoms. The van der Waals surface area contributed by atoms with Crippen LogP contribution in [0.5, 0.6) is 5.75 Å². The van der Waals surface area contributed by atoms with Crippen molar-refractivity contribution in [3.63, 3.8) is 0 Å². The summed E-state index contributed by atoms with van der Waals surface area (Å²) >= 11 is 0. The third-order valence-electron chi connectivity index (χ3n) is 3.34. The molecule has 2 aromatic carbocycles. The quantitative estimate of drug-likeness (QED) is 0.691. The molecular weight excluding hydrogens is 342 g/mol. The molecule has 0 bridgehead atoms. The van der Waals surface area contributed by atoms with E-state index < -0.39 is 16.0 Å². The second kappa shape index (κ2) is 9.19. The van der Waals surface area contributed by atoms with Gasteiger partial charge in [0.25, 0.3) is 0 Å². The number of carbonyl (C=O) groups is 1. The summed E-state index contributed by atoms with van der Waals surface area (Å²) in [5, 5.41) is 0. The minimum Gasteiger partial charge on any atom is -0.482 e. The van der Waals surface area contributed by atoms with E-state index in [0.29, 0.717) is 18.7 Å². The lowest BCUT2D eigenvalue weighted by molar-refractivity contribution is -0.145. The van der Waals surface area contributed by atoms with Gasteiger partial charge in [0.05, 0.1) is 11.5 Å². The fourth-order valence-corrected chi connectivity index (χ4v) is 3.15. The van der Waals surface area contributed by atoms with Gasteiger partial charge in [-0.15, -0.1) is 0 Å². The van der Waals surface area contributed by atoms with E-state index in [2.05, 4.69) is 4.72 Å². The molecule has 0 saturated carbocycles. The van der Waals surface area contributed by atoms with Crippen LogP contribution in [0.15, 0.2) is 59.5 Å². The number of benzene rings is 2. The first-order chi connectivity index (χ1) is 12.0. The molecule has 0 amide bonds. The number of ether oxygens (including phenoxy) is 2. The van der Waals surface area contributed by atoms with E-state index in [0.717, 1.165) is 5.56 Å². The van der Waals surface area contributed by atoms with Crippen LogP contribution < -0.4 is 9.46 Å². The van der Waals surface area contributed by atoms with Gasteiger partial charge in [0, 0.05) is 6.54 Å². The second-order valence-electron chi connectivity index (χ2n) is 5.20. The molecule has 134 valence electrons. The molecule has 0 aliphatic carbocycles. The second-order valence-corrected chi connectivity index (χ2v) is 6.97. The van der Waals surface area contributed by atoms with Crippen molar-refractivity contribution in [2.24, 2.45) is 0 Å². The molecule has 0 aliphatic rings. The fraction of sp³-hybridized carbons (Fsp3) is 0.278. The van der Waals surface area contributed by atoms with E-state index in [1.54, 1.807) is 6.92 Å². The number of rotatable bonds is 9. The van der Waals surface area contributed by atoms with E-state index in [1.807, 2.05) is 30.3 Å². The summed E-state index contributed by atoms with van der Waals surface area (Å²) in [5.74, 6) is -0.0712. The van der Waals surface area contributed by atoms with E-state index in [1.165, 1.54) is 24.3 Å². The molecule has 0 atom stereocenters. The lowest BCUT2D eigenvalue weighted by atomic mass is 10.2. The van der Waals surface area contributed by atoms with Crippen LogP contribution in [-0.2, 0) is 26.0 Å². The minimum atomic E-state index is -3.58. The van der Waals surface area contributed by atoms with Crippen LogP contribution in [0.2, 0.25) is 0 Å². The minimum absolute atomic E-state index is 0.143. The third-order valence-corrected chi connectivity index (χ3v) is 4.82. The van der Waals surface area contributed by atoms with Crippen LogP contribution in [-0.4, -0.2) is 34.1 Å². The zero-order valence-electron chi connectivity index (χ0n) is 14.0. The maximum atomic E-state index is 12.3. The molecule has 2 aromatic rings. The van der Waals surface area contributed by atoms with Crippen LogP contribution in [0.25, 0.3) is 0 Å². The maximum absolute atomic E-state index is 12.3. The highest BCUT2D eigenvalue weighted by atomic mass is 32.2. The Labute approximate surface area is 147 Å². The van der Waals surface area contributed by atoms with Crippen molar-refractivity contribution in [3.05, 3.63) is 60.2 Å². The van der Waals surface area contributed by atoms with Gasteiger partial charge >= 0.3 is 5.97 Å². The van der Waals surface area contributed by atoms with Crippen molar-refractivity contribution in [2.75, 3.05) is 19.8 Å². The van der Waals surface area contributed by atoms with Crippen LogP contribution in [0, 0.1) is 0 Å². The van der Waals surface area contributed by atoms with Crippen molar-refractivity contribution in [1.82, 2.24) is 4.72 Å². The van der Waals surface area contributed by atoms with Gasteiger partial charge in [-0.3, -0.25) is 0 Å². The van der Waals surface area contributed by atoms with Crippen molar-refractivity contribution >= 4 is 16.0 Å². The van der Waals surface area contributed by atoms with Crippen LogP contribution >= 0.6 is 0 Å². The van der Waals surface area contributed by atoms with Gasteiger partial charge in [-0.2, -0.15) is 0 Å². The Kier molecular flexibility index (Phi) is 6.97. The zero-order chi connectivity index (χ0) is 18.1. The maximum Gasteiger partial charge on any atom is 0.344 e. The smallest absolute Gasteiger partial charge is 0.344 e. The normalized spacial score (nSPS) is 11.1. The lowest BCUT2D eigenvalue weighted by Crippen LogP contribution is -2.26. The molecule has 0 aliphatic heterocycles. The standard InChI is InChI=1S/C18H21NO5S/c1-2-23-18(20)14-24-16-8-10-17(11-9-16)25(21,22)19-13-12-15-6-4-3-5-7-15/h3-11,19H,2,12-14H2,1H3. The summed E-state index contributed by atoms with van der Waals surface area (Å²) in [6.45, 7) is 2.10. The Hall–Kier alpha value is -2.38. The Balaban J connectivity index is 1.87. The first kappa shape index (κ1) is 19.0. The van der Waals surface area contributed by atoms with Crippen LogP contribution in [0.1, 0.15) is 12.5 Å². The Bertz CT molecular complexity index is 773. The SMILES string of the molecule is CCOC(=O)COc1ccc(S(=O)(=O)NCCc2ccccc2)cc1. The average molecular weight is 363 g/mol. The lowest BCUT2D eigenvalue weighted by Gasteiger charge is -2.09. The highest BCUT2D eigenvalue weighted by Crippen LogP contribution is 2.16. The Morgan fingerprint density at radius 2 is 1.72 bits per heavy atom. The summed E-state index contributed by atoms with van der Waals surface area (Å²) < 4.78 is 37.1.